The molecule has 3 rings (SSSR count). The van der Waals surface area contributed by atoms with Gasteiger partial charge < -0.3 is 14.7 Å². The molecule has 0 spiro atoms. The van der Waals surface area contributed by atoms with Gasteiger partial charge in [-0.05, 0) is 98.9 Å². The number of hydrogen-bond donors (Lipinski definition) is 1. The molecule has 0 saturated carbocycles. The predicted octanol–water partition coefficient (Wildman–Crippen LogP) is 9.22. The number of ether oxygens (including phenoxy) is 1. The maximum atomic E-state index is 11.2. The van der Waals surface area contributed by atoms with Crippen LogP contribution in [0.1, 0.15) is 71.4 Å². The molecule has 0 bridgehead atoms. The summed E-state index contributed by atoms with van der Waals surface area (Å²) in [6.07, 6.45) is 14.0. The van der Waals surface area contributed by atoms with Gasteiger partial charge in [0.15, 0.2) is 0 Å². The zero-order valence-electron chi connectivity index (χ0n) is 24.8. The second kappa shape index (κ2) is 15.1. The maximum Gasteiger partial charge on any atom is 0.335 e. The van der Waals surface area contributed by atoms with Crippen LogP contribution in [0.4, 0.5) is 0 Å². The highest BCUT2D eigenvalue weighted by Gasteiger charge is 2.19. The van der Waals surface area contributed by atoms with Crippen LogP contribution in [-0.4, -0.2) is 22.0 Å². The Morgan fingerprint density at radius 3 is 2.30 bits per heavy atom. The van der Waals surface area contributed by atoms with Crippen LogP contribution in [0.15, 0.2) is 108 Å². The zero-order valence-corrected chi connectivity index (χ0v) is 24.8. The molecule has 40 heavy (non-hydrogen) atoms. The van der Waals surface area contributed by atoms with E-state index in [2.05, 4.69) is 99.9 Å². The van der Waals surface area contributed by atoms with E-state index < -0.39 is 5.97 Å². The molecule has 4 heteroatoms. The minimum atomic E-state index is -1.03. The maximum absolute atomic E-state index is 11.2. The summed E-state index contributed by atoms with van der Waals surface area (Å²) in [6, 6.07) is 17.6. The average Bonchev–Trinajstić information content (AvgIpc) is 2.97. The van der Waals surface area contributed by atoms with Crippen molar-refractivity contribution in [2.75, 3.05) is 0 Å². The molecule has 1 N–H and O–H groups in total. The van der Waals surface area contributed by atoms with E-state index in [1.165, 1.54) is 41.8 Å². The topological polar surface area (TPSA) is 49.8 Å². The molecule has 0 fully saturated rings. The van der Waals surface area contributed by atoms with Crippen molar-refractivity contribution in [1.29, 1.82) is 0 Å². The predicted molar refractivity (Wildman–Crippen MR) is 166 cm³/mol. The van der Waals surface area contributed by atoms with Gasteiger partial charge in [-0.25, -0.2) is 4.79 Å². The SMILES string of the molecule is C=C/C(=C\C(=C/C)OCc1ccc(-c2cccc(CN(C3=CC=C(C(CC)CC)CC3)C(C)C)c2)cc1)C(=O)O. The third kappa shape index (κ3) is 8.35. The van der Waals surface area contributed by atoms with Crippen LogP contribution >= 0.6 is 0 Å². The highest BCUT2D eigenvalue weighted by molar-refractivity contribution is 5.90. The van der Waals surface area contributed by atoms with Gasteiger partial charge in [0.25, 0.3) is 0 Å². The van der Waals surface area contributed by atoms with Crippen LogP contribution in [0.25, 0.3) is 11.1 Å². The molecule has 2 aromatic carbocycles. The number of hydrogen-bond acceptors (Lipinski definition) is 3. The van der Waals surface area contributed by atoms with Gasteiger partial charge in [0.05, 0.1) is 5.57 Å². The van der Waals surface area contributed by atoms with E-state index in [9.17, 15) is 9.90 Å². The molecule has 1 aliphatic rings. The number of carboxylic acids is 1. The van der Waals surface area contributed by atoms with Crippen LogP contribution in [-0.2, 0) is 22.7 Å². The number of nitrogens with zero attached hydrogens (tertiary/aromatic N) is 1. The second-order valence-corrected chi connectivity index (χ2v) is 10.6. The molecule has 2 aromatic rings. The van der Waals surface area contributed by atoms with Crippen molar-refractivity contribution >= 4 is 5.97 Å². The Hall–Kier alpha value is -3.79. The summed E-state index contributed by atoms with van der Waals surface area (Å²) in [5.41, 5.74) is 7.79. The lowest BCUT2D eigenvalue weighted by Gasteiger charge is -2.34. The summed E-state index contributed by atoms with van der Waals surface area (Å²) in [5.74, 6) is 0.183. The summed E-state index contributed by atoms with van der Waals surface area (Å²) in [6.45, 7) is 15.8. The largest absolute Gasteiger partial charge is 0.489 e. The summed E-state index contributed by atoms with van der Waals surface area (Å²) < 4.78 is 5.84. The highest BCUT2D eigenvalue weighted by atomic mass is 16.5. The van der Waals surface area contributed by atoms with Crippen molar-refractivity contribution in [1.82, 2.24) is 4.90 Å². The van der Waals surface area contributed by atoms with E-state index in [0.29, 0.717) is 24.3 Å². The lowest BCUT2D eigenvalue weighted by Crippen LogP contribution is -2.30. The Bertz CT molecular complexity index is 1270. The van der Waals surface area contributed by atoms with Crippen molar-refractivity contribution in [2.45, 2.75) is 79.5 Å². The van der Waals surface area contributed by atoms with Crippen molar-refractivity contribution in [3.8, 4) is 11.1 Å². The number of carboxylic acid groups (broad SMARTS) is 1. The molecule has 0 heterocycles. The third-order valence-corrected chi connectivity index (χ3v) is 7.68. The summed E-state index contributed by atoms with van der Waals surface area (Å²) >= 11 is 0. The van der Waals surface area contributed by atoms with E-state index in [0.717, 1.165) is 30.5 Å². The average molecular weight is 540 g/mol. The molecular formula is C36H45NO3. The van der Waals surface area contributed by atoms with Gasteiger partial charge in [0.2, 0.25) is 0 Å². The van der Waals surface area contributed by atoms with Gasteiger partial charge in [-0.1, -0.05) is 80.6 Å². The van der Waals surface area contributed by atoms with Crippen molar-refractivity contribution in [2.24, 2.45) is 5.92 Å². The van der Waals surface area contributed by atoms with Crippen molar-refractivity contribution < 1.29 is 14.6 Å². The van der Waals surface area contributed by atoms with Crippen molar-refractivity contribution in [3.63, 3.8) is 0 Å². The van der Waals surface area contributed by atoms with Gasteiger partial charge in [-0.3, -0.25) is 0 Å². The smallest absolute Gasteiger partial charge is 0.335 e. The third-order valence-electron chi connectivity index (χ3n) is 7.68. The second-order valence-electron chi connectivity index (χ2n) is 10.6. The Morgan fingerprint density at radius 2 is 1.75 bits per heavy atom. The summed E-state index contributed by atoms with van der Waals surface area (Å²) in [4.78, 5) is 13.8. The first-order valence-electron chi connectivity index (χ1n) is 14.5. The first kappa shape index (κ1) is 30.7. The first-order valence-corrected chi connectivity index (χ1v) is 14.5. The fourth-order valence-electron chi connectivity index (χ4n) is 5.23. The molecule has 0 aliphatic heterocycles. The molecule has 0 saturated heterocycles. The van der Waals surface area contributed by atoms with Crippen LogP contribution in [0, 0.1) is 5.92 Å². The van der Waals surface area contributed by atoms with Crippen LogP contribution in [0.2, 0.25) is 0 Å². The Balaban J connectivity index is 1.70. The molecule has 212 valence electrons. The molecule has 0 radical (unpaired) electrons. The molecule has 1 aliphatic carbocycles. The number of rotatable bonds is 14. The van der Waals surface area contributed by atoms with E-state index in [-0.39, 0.29) is 5.57 Å². The Kier molecular flexibility index (Phi) is 11.6. The molecule has 0 unspecified atom stereocenters. The minimum Gasteiger partial charge on any atom is -0.489 e. The van der Waals surface area contributed by atoms with Crippen LogP contribution in [0.3, 0.4) is 0 Å². The van der Waals surface area contributed by atoms with E-state index in [1.54, 1.807) is 11.6 Å². The Morgan fingerprint density at radius 1 is 1.02 bits per heavy atom. The van der Waals surface area contributed by atoms with E-state index >= 15 is 0 Å². The van der Waals surface area contributed by atoms with Crippen molar-refractivity contribution in [3.05, 3.63) is 119 Å². The Labute approximate surface area is 241 Å². The number of benzene rings is 2. The molecule has 0 atom stereocenters. The fraction of sp³-hybridized carbons (Fsp3) is 0.361. The summed E-state index contributed by atoms with van der Waals surface area (Å²) in [5, 5.41) is 9.22. The fourth-order valence-corrected chi connectivity index (χ4v) is 5.23. The van der Waals surface area contributed by atoms with Gasteiger partial charge in [-0.2, -0.15) is 0 Å². The van der Waals surface area contributed by atoms with Gasteiger partial charge in [0.1, 0.15) is 12.4 Å². The van der Waals surface area contributed by atoms with Crippen LogP contribution in [0.5, 0.6) is 0 Å². The van der Waals surface area contributed by atoms with Gasteiger partial charge in [-0.15, -0.1) is 0 Å². The lowest BCUT2D eigenvalue weighted by molar-refractivity contribution is -0.132. The monoisotopic (exact) mass is 539 g/mol. The zero-order chi connectivity index (χ0) is 29.1. The van der Waals surface area contributed by atoms with E-state index in [1.807, 2.05) is 6.92 Å². The first-order chi connectivity index (χ1) is 19.3. The normalized spacial score (nSPS) is 14.2. The molecule has 0 amide bonds. The quantitative estimate of drug-likeness (QED) is 0.148. The number of aliphatic carboxylic acids is 1. The molecule has 4 nitrogen and oxygen atoms in total. The van der Waals surface area contributed by atoms with E-state index in [4.69, 9.17) is 4.74 Å². The molecular weight excluding hydrogens is 494 g/mol. The number of carbonyl (C=O) groups is 1. The number of allylic oxidation sites excluding steroid dienone is 6. The molecule has 0 aromatic heterocycles. The standard InChI is InChI=1S/C36H45NO3/c1-7-29(8-2)31-18-20-34(21-19-31)37(26(5)6)24-28-12-11-13-33(22-28)32-16-14-27(15-17-32)25-40-35(10-4)23-30(9-3)36(38)39/h9-18,20,22-23,26,29H,3,7-8,19,21,24-25H2,1-2,4-6H3,(H,38,39)/b30-23+,35-10+. The van der Waals surface area contributed by atoms with Gasteiger partial charge in [0, 0.05) is 18.3 Å². The van der Waals surface area contributed by atoms with Gasteiger partial charge >= 0.3 is 5.97 Å². The lowest BCUT2D eigenvalue weighted by atomic mass is 9.87. The van der Waals surface area contributed by atoms with Crippen LogP contribution < -0.4 is 0 Å². The summed E-state index contributed by atoms with van der Waals surface area (Å²) in [7, 11) is 0. The minimum absolute atomic E-state index is 0.0991. The highest BCUT2D eigenvalue weighted by Crippen LogP contribution is 2.31.